The lowest BCUT2D eigenvalue weighted by Crippen LogP contribution is -2.37. The smallest absolute Gasteiger partial charge is 0.251 e. The van der Waals surface area contributed by atoms with Crippen LogP contribution in [0.2, 0.25) is 0 Å². The lowest BCUT2D eigenvalue weighted by Gasteiger charge is -2.19. The maximum Gasteiger partial charge on any atom is 0.251 e. The maximum absolute atomic E-state index is 12.1. The number of ether oxygens (including phenoxy) is 1. The second kappa shape index (κ2) is 4.53. The van der Waals surface area contributed by atoms with Crippen LogP contribution in [0.4, 0.5) is 0 Å². The zero-order valence-corrected chi connectivity index (χ0v) is 9.80. The molecule has 4 heteroatoms. The van der Waals surface area contributed by atoms with Crippen molar-refractivity contribution in [3.05, 3.63) is 24.2 Å². The van der Waals surface area contributed by atoms with Crippen LogP contribution in [0.3, 0.4) is 0 Å². The third-order valence-electron chi connectivity index (χ3n) is 3.65. The van der Waals surface area contributed by atoms with Gasteiger partial charge in [0, 0.05) is 25.6 Å². The second-order valence-corrected chi connectivity index (χ2v) is 4.79. The van der Waals surface area contributed by atoms with Crippen LogP contribution in [0.15, 0.2) is 22.8 Å². The Balaban J connectivity index is 1.62. The third-order valence-corrected chi connectivity index (χ3v) is 3.65. The number of rotatable bonds is 2. The molecule has 0 bridgehead atoms. The Bertz CT molecular complexity index is 381. The fourth-order valence-corrected chi connectivity index (χ4v) is 2.69. The number of amides is 1. The van der Waals surface area contributed by atoms with Gasteiger partial charge in [-0.3, -0.25) is 4.79 Å². The summed E-state index contributed by atoms with van der Waals surface area (Å²) in [6, 6.07) is 3.89. The second-order valence-electron chi connectivity index (χ2n) is 4.79. The molecular formula is C13H17NO3. The van der Waals surface area contributed by atoms with E-state index in [9.17, 15) is 4.79 Å². The SMILES string of the molecule is O=C(C1CCCO1)N1CCC(c2ccco2)C1. The topological polar surface area (TPSA) is 42.7 Å². The molecule has 4 nitrogen and oxygen atoms in total. The van der Waals surface area contributed by atoms with Crippen LogP contribution < -0.4 is 0 Å². The van der Waals surface area contributed by atoms with E-state index in [0.29, 0.717) is 5.92 Å². The molecule has 2 aliphatic rings. The molecule has 17 heavy (non-hydrogen) atoms. The number of hydrogen-bond acceptors (Lipinski definition) is 3. The van der Waals surface area contributed by atoms with Crippen LogP contribution in [0, 0.1) is 0 Å². The Morgan fingerprint density at radius 1 is 1.41 bits per heavy atom. The molecule has 1 aromatic heterocycles. The van der Waals surface area contributed by atoms with Crippen LogP contribution in [-0.4, -0.2) is 36.6 Å². The van der Waals surface area contributed by atoms with Crippen LogP contribution in [0.1, 0.15) is 30.9 Å². The highest BCUT2D eigenvalue weighted by Crippen LogP contribution is 2.28. The van der Waals surface area contributed by atoms with Gasteiger partial charge in [-0.25, -0.2) is 0 Å². The van der Waals surface area contributed by atoms with Gasteiger partial charge in [-0.1, -0.05) is 0 Å². The van der Waals surface area contributed by atoms with Gasteiger partial charge in [-0.05, 0) is 31.4 Å². The lowest BCUT2D eigenvalue weighted by molar-refractivity contribution is -0.139. The van der Waals surface area contributed by atoms with Crippen molar-refractivity contribution in [2.45, 2.75) is 31.3 Å². The standard InChI is InChI=1S/C13H17NO3/c15-13(12-4-2-8-17-12)14-6-5-10(9-14)11-3-1-7-16-11/h1,3,7,10,12H,2,4-6,8-9H2. The van der Waals surface area contributed by atoms with Crippen LogP contribution >= 0.6 is 0 Å². The van der Waals surface area contributed by atoms with E-state index in [1.165, 1.54) is 0 Å². The molecule has 0 aliphatic carbocycles. The van der Waals surface area contributed by atoms with Gasteiger partial charge in [0.05, 0.1) is 6.26 Å². The fourth-order valence-electron chi connectivity index (χ4n) is 2.69. The average molecular weight is 235 g/mol. The van der Waals surface area contributed by atoms with Gasteiger partial charge in [-0.2, -0.15) is 0 Å². The summed E-state index contributed by atoms with van der Waals surface area (Å²) >= 11 is 0. The molecule has 0 aromatic carbocycles. The summed E-state index contributed by atoms with van der Waals surface area (Å²) in [5.74, 6) is 1.51. The van der Waals surface area contributed by atoms with Crippen molar-refractivity contribution >= 4 is 5.91 Å². The van der Waals surface area contributed by atoms with E-state index in [1.807, 2.05) is 17.0 Å². The van der Waals surface area contributed by atoms with Crippen molar-refractivity contribution in [3.8, 4) is 0 Å². The van der Waals surface area contributed by atoms with E-state index >= 15 is 0 Å². The highest BCUT2D eigenvalue weighted by atomic mass is 16.5. The fraction of sp³-hybridized carbons (Fsp3) is 0.615. The van der Waals surface area contributed by atoms with Gasteiger partial charge < -0.3 is 14.1 Å². The summed E-state index contributed by atoms with van der Waals surface area (Å²) in [5, 5.41) is 0. The number of hydrogen-bond donors (Lipinski definition) is 0. The van der Waals surface area contributed by atoms with Gasteiger partial charge in [0.15, 0.2) is 0 Å². The van der Waals surface area contributed by atoms with Crippen LogP contribution in [0.5, 0.6) is 0 Å². The first-order chi connectivity index (χ1) is 8.34. The Morgan fingerprint density at radius 2 is 2.35 bits per heavy atom. The van der Waals surface area contributed by atoms with Gasteiger partial charge in [0.25, 0.3) is 5.91 Å². The summed E-state index contributed by atoms with van der Waals surface area (Å²) < 4.78 is 10.8. The van der Waals surface area contributed by atoms with Crippen molar-refractivity contribution in [2.24, 2.45) is 0 Å². The average Bonchev–Trinajstić information content (AvgIpc) is 3.09. The first-order valence-corrected chi connectivity index (χ1v) is 6.28. The van der Waals surface area contributed by atoms with E-state index in [1.54, 1.807) is 6.26 Å². The maximum atomic E-state index is 12.1. The zero-order chi connectivity index (χ0) is 11.7. The third kappa shape index (κ3) is 2.09. The molecule has 0 N–H and O–H groups in total. The van der Waals surface area contributed by atoms with Crippen molar-refractivity contribution in [1.29, 1.82) is 0 Å². The van der Waals surface area contributed by atoms with Gasteiger partial charge in [0.1, 0.15) is 11.9 Å². The Labute approximate surface area is 101 Å². The quantitative estimate of drug-likeness (QED) is 0.784. The summed E-state index contributed by atoms with van der Waals surface area (Å²) in [5.41, 5.74) is 0. The predicted molar refractivity (Wildman–Crippen MR) is 61.6 cm³/mol. The van der Waals surface area contributed by atoms with Gasteiger partial charge in [-0.15, -0.1) is 0 Å². The molecule has 2 fully saturated rings. The first kappa shape index (κ1) is 10.8. The minimum absolute atomic E-state index is 0.163. The Kier molecular flexibility index (Phi) is 2.89. The number of carbonyl (C=O) groups is 1. The van der Waals surface area contributed by atoms with Crippen molar-refractivity contribution < 1.29 is 13.9 Å². The Hall–Kier alpha value is -1.29. The van der Waals surface area contributed by atoms with E-state index in [2.05, 4.69) is 0 Å². The van der Waals surface area contributed by atoms with E-state index < -0.39 is 0 Å². The minimum atomic E-state index is -0.189. The summed E-state index contributed by atoms with van der Waals surface area (Å²) in [6.45, 7) is 2.32. The predicted octanol–water partition coefficient (Wildman–Crippen LogP) is 1.77. The number of carbonyl (C=O) groups excluding carboxylic acids is 1. The van der Waals surface area contributed by atoms with Gasteiger partial charge in [0.2, 0.25) is 0 Å². The normalized spacial score (nSPS) is 28.8. The zero-order valence-electron chi connectivity index (χ0n) is 9.80. The van der Waals surface area contributed by atoms with E-state index in [4.69, 9.17) is 9.15 Å². The lowest BCUT2D eigenvalue weighted by atomic mass is 10.1. The Morgan fingerprint density at radius 3 is 3.06 bits per heavy atom. The molecule has 2 aliphatic heterocycles. The van der Waals surface area contributed by atoms with E-state index in [-0.39, 0.29) is 12.0 Å². The minimum Gasteiger partial charge on any atom is -0.469 e. The molecule has 2 atom stereocenters. The monoisotopic (exact) mass is 235 g/mol. The highest BCUT2D eigenvalue weighted by Gasteiger charge is 2.34. The molecule has 0 radical (unpaired) electrons. The van der Waals surface area contributed by atoms with Crippen LogP contribution in [-0.2, 0) is 9.53 Å². The molecular weight excluding hydrogens is 218 g/mol. The molecule has 0 saturated carbocycles. The van der Waals surface area contributed by atoms with Gasteiger partial charge >= 0.3 is 0 Å². The first-order valence-electron chi connectivity index (χ1n) is 6.28. The number of furan rings is 1. The van der Waals surface area contributed by atoms with Crippen molar-refractivity contribution in [2.75, 3.05) is 19.7 Å². The molecule has 2 unspecified atom stereocenters. The van der Waals surface area contributed by atoms with Crippen LogP contribution in [0.25, 0.3) is 0 Å². The molecule has 2 saturated heterocycles. The molecule has 0 spiro atoms. The molecule has 3 heterocycles. The number of likely N-dealkylation sites (tertiary alicyclic amines) is 1. The molecule has 3 rings (SSSR count). The molecule has 92 valence electrons. The molecule has 1 aromatic rings. The summed E-state index contributed by atoms with van der Waals surface area (Å²) in [4.78, 5) is 14.1. The summed E-state index contributed by atoms with van der Waals surface area (Å²) in [7, 11) is 0. The highest BCUT2D eigenvalue weighted by molar-refractivity contribution is 5.81. The van der Waals surface area contributed by atoms with Crippen molar-refractivity contribution in [1.82, 2.24) is 4.90 Å². The largest absolute Gasteiger partial charge is 0.469 e. The van der Waals surface area contributed by atoms with Crippen molar-refractivity contribution in [3.63, 3.8) is 0 Å². The summed E-state index contributed by atoms with van der Waals surface area (Å²) in [6.07, 6.45) is 4.38. The van der Waals surface area contributed by atoms with E-state index in [0.717, 1.165) is 44.7 Å². The number of nitrogens with zero attached hydrogens (tertiary/aromatic N) is 1. The molecule has 1 amide bonds.